The molecule has 0 saturated heterocycles. The first-order valence-electron chi connectivity index (χ1n) is 13.5. The van der Waals surface area contributed by atoms with Gasteiger partial charge in [0.15, 0.2) is 0 Å². The fourth-order valence-electron chi connectivity index (χ4n) is 5.84. The molecule has 0 aliphatic heterocycles. The van der Waals surface area contributed by atoms with E-state index < -0.39 is 0 Å². The molecule has 6 heteroatoms. The minimum atomic E-state index is -0.253. The number of ketones is 1. The maximum absolute atomic E-state index is 13.4. The number of hydrogen-bond donors (Lipinski definition) is 0. The van der Waals surface area contributed by atoms with E-state index in [-0.39, 0.29) is 33.7 Å². The number of hydrogen-bond acceptors (Lipinski definition) is 4. The second-order valence-electron chi connectivity index (χ2n) is 11.7. The molecule has 6 rings (SSSR count). The quantitative estimate of drug-likeness (QED) is 0.280. The van der Waals surface area contributed by atoms with Gasteiger partial charge in [0.1, 0.15) is 17.1 Å². The van der Waals surface area contributed by atoms with E-state index in [9.17, 15) is 14.4 Å². The molecule has 5 nitrogen and oxygen atoms in total. The topological polar surface area (TPSA) is 69.0 Å². The van der Waals surface area contributed by atoms with Gasteiger partial charge in [-0.05, 0) is 71.5 Å². The first-order valence-corrected chi connectivity index (χ1v) is 13.5. The van der Waals surface area contributed by atoms with Crippen molar-refractivity contribution in [3.8, 4) is 16.8 Å². The third-order valence-corrected chi connectivity index (χ3v) is 8.47. The number of carbonyl (C=O) groups is 2. The summed E-state index contributed by atoms with van der Waals surface area (Å²) in [4.78, 5) is 43.0. The maximum Gasteiger partial charge on any atom is 0.218 e. The Kier molecular flexibility index (Phi) is 5.94. The summed E-state index contributed by atoms with van der Waals surface area (Å²) in [5.74, 6) is 1.32. The Hall–Kier alpha value is -3.80. The maximum atomic E-state index is 13.4. The summed E-state index contributed by atoms with van der Waals surface area (Å²) in [6.07, 6.45) is 6.59. The van der Waals surface area contributed by atoms with Crippen molar-refractivity contribution in [1.29, 1.82) is 0 Å². The zero-order valence-electron chi connectivity index (χ0n) is 22.1. The average molecular weight is 502 g/mol. The van der Waals surface area contributed by atoms with Crippen molar-refractivity contribution in [3.63, 3.8) is 0 Å². The van der Waals surface area contributed by atoms with Gasteiger partial charge >= 0.3 is 0 Å². The lowest BCUT2D eigenvalue weighted by atomic mass is 9.48. The molecule has 38 heavy (non-hydrogen) atoms. The molecule has 190 valence electrons. The van der Waals surface area contributed by atoms with Crippen LogP contribution in [0.1, 0.15) is 61.9 Å². The molecule has 2 fully saturated rings. The molecule has 0 spiro atoms. The second kappa shape index (κ2) is 9.19. The van der Waals surface area contributed by atoms with Gasteiger partial charge in [0.25, 0.3) is 0 Å². The normalized spacial score (nSPS) is 18.8. The molecule has 0 radical (unpaired) electrons. The predicted octanol–water partition coefficient (Wildman–Crippen LogP) is 5.93. The number of nitrogens with zero attached hydrogens (tertiary/aromatic N) is 2. The van der Waals surface area contributed by atoms with Gasteiger partial charge in [0.05, 0.1) is 10.9 Å². The van der Waals surface area contributed by atoms with Gasteiger partial charge in [-0.25, -0.2) is 4.98 Å². The number of fused-ring (bicyclic) bond motifs is 1. The van der Waals surface area contributed by atoms with Crippen molar-refractivity contribution < 1.29 is 9.59 Å². The van der Waals surface area contributed by atoms with Gasteiger partial charge in [-0.3, -0.25) is 9.59 Å². The molecule has 2 atom stereocenters. The van der Waals surface area contributed by atoms with Crippen LogP contribution in [-0.2, 0) is 4.79 Å². The van der Waals surface area contributed by atoms with E-state index in [1.165, 1.54) is 5.56 Å². The summed E-state index contributed by atoms with van der Waals surface area (Å²) in [5, 5.41) is 0.330. The molecule has 2 saturated carbocycles. The summed E-state index contributed by atoms with van der Waals surface area (Å²) in [7, 11) is 0.358. The van der Waals surface area contributed by atoms with E-state index in [2.05, 4.69) is 55.2 Å². The molecule has 2 aromatic carbocycles. The van der Waals surface area contributed by atoms with Crippen LogP contribution in [0.5, 0.6) is 0 Å². The molecule has 2 aliphatic rings. The second-order valence-corrected chi connectivity index (χ2v) is 11.7. The molecule has 0 amide bonds. The van der Waals surface area contributed by atoms with Crippen LogP contribution >= 0.6 is 0 Å². The van der Waals surface area contributed by atoms with Crippen LogP contribution in [0.25, 0.3) is 27.8 Å². The number of carbonyl (C=O) groups excluding carboxylic acids is 2. The van der Waals surface area contributed by atoms with Crippen molar-refractivity contribution in [3.05, 3.63) is 94.4 Å². The van der Waals surface area contributed by atoms with Gasteiger partial charge in [-0.2, -0.15) is 0 Å². The third kappa shape index (κ3) is 4.53. The summed E-state index contributed by atoms with van der Waals surface area (Å²) < 4.78 is 1.87. The lowest BCUT2D eigenvalue weighted by Gasteiger charge is -2.22. The van der Waals surface area contributed by atoms with Gasteiger partial charge < -0.3 is 9.36 Å². The van der Waals surface area contributed by atoms with Crippen LogP contribution in [-0.4, -0.2) is 28.3 Å². The minimum Gasteiger partial charge on any atom is -0.306 e. The van der Waals surface area contributed by atoms with Crippen LogP contribution in [0.3, 0.4) is 0 Å². The minimum absolute atomic E-state index is 0.109. The number of benzene rings is 2. The predicted molar refractivity (Wildman–Crippen MR) is 153 cm³/mol. The molecule has 2 aliphatic carbocycles. The standard InChI is InChI=1S/C32H31BN2O3/c1-19(36)26-17-27(26)21-11-9-20(10-12-21)22-6-4-7-24(16-22)35-18-28(29(37)25-8-5-15-34-31(25)35)30(38)33-32(2,3)23-13-14-23/h4-12,15-16,18,23,26-27,33H,13-14,17H2,1-3H3/t26-,27-/m0/s1. The Morgan fingerprint density at radius 1 is 1.00 bits per heavy atom. The first-order chi connectivity index (χ1) is 18.2. The molecule has 2 heterocycles. The van der Waals surface area contributed by atoms with Crippen LogP contribution in [0.4, 0.5) is 0 Å². The number of rotatable bonds is 8. The van der Waals surface area contributed by atoms with E-state index in [1.807, 2.05) is 16.7 Å². The summed E-state index contributed by atoms with van der Waals surface area (Å²) in [6.45, 7) is 5.93. The molecule has 0 N–H and O–H groups in total. The van der Waals surface area contributed by atoms with E-state index in [0.29, 0.717) is 30.1 Å². The smallest absolute Gasteiger partial charge is 0.218 e. The number of pyridine rings is 2. The molecular formula is C32H31BN2O3. The van der Waals surface area contributed by atoms with Gasteiger partial charge in [0, 0.05) is 24.0 Å². The lowest BCUT2D eigenvalue weighted by Crippen LogP contribution is -2.29. The first kappa shape index (κ1) is 24.5. The zero-order chi connectivity index (χ0) is 26.6. The van der Waals surface area contributed by atoms with E-state index in [4.69, 9.17) is 0 Å². The van der Waals surface area contributed by atoms with Crippen LogP contribution in [0.15, 0.2) is 77.9 Å². The Morgan fingerprint density at radius 2 is 1.76 bits per heavy atom. The highest BCUT2D eigenvalue weighted by Crippen LogP contribution is 2.50. The fraction of sp³-hybridized carbons (Fsp3) is 0.312. The number of Topliss-reactive ketones (excluding diaryl/α,β-unsaturated/α-hetero) is 1. The van der Waals surface area contributed by atoms with Gasteiger partial charge in [-0.1, -0.05) is 63.1 Å². The highest BCUT2D eigenvalue weighted by atomic mass is 16.1. The summed E-state index contributed by atoms with van der Waals surface area (Å²) in [6, 6.07) is 20.0. The number of aromatic nitrogens is 2. The third-order valence-electron chi connectivity index (χ3n) is 8.47. The molecule has 0 unspecified atom stereocenters. The van der Waals surface area contributed by atoms with Crippen molar-refractivity contribution in [2.45, 2.75) is 51.3 Å². The molecule has 2 aromatic heterocycles. The molecular weight excluding hydrogens is 471 g/mol. The van der Waals surface area contributed by atoms with Crippen molar-refractivity contribution in [1.82, 2.24) is 9.55 Å². The Morgan fingerprint density at radius 3 is 2.45 bits per heavy atom. The highest BCUT2D eigenvalue weighted by Gasteiger charge is 2.42. The average Bonchev–Trinajstić information content (AvgIpc) is 3.82. The Labute approximate surface area is 223 Å². The Balaban J connectivity index is 1.37. The van der Waals surface area contributed by atoms with Crippen molar-refractivity contribution in [2.24, 2.45) is 11.8 Å². The molecule has 0 bridgehead atoms. The van der Waals surface area contributed by atoms with Crippen molar-refractivity contribution >= 4 is 29.8 Å². The lowest BCUT2D eigenvalue weighted by molar-refractivity contribution is -0.118. The van der Waals surface area contributed by atoms with E-state index in [1.54, 1.807) is 31.5 Å². The Bertz CT molecular complexity index is 1630. The van der Waals surface area contributed by atoms with E-state index in [0.717, 1.165) is 36.1 Å². The van der Waals surface area contributed by atoms with E-state index >= 15 is 0 Å². The SMILES string of the molecule is CC(=O)[C@@H]1C[C@H]1c1ccc(-c2cccc(-n3cc(C(=O)BC(C)(C)C4CC4)c(=O)c4cccnc43)c2)cc1. The van der Waals surface area contributed by atoms with Crippen molar-refractivity contribution in [2.75, 3.05) is 0 Å². The molecule has 4 aromatic rings. The van der Waals surface area contributed by atoms with Crippen LogP contribution in [0.2, 0.25) is 5.31 Å². The zero-order valence-corrected chi connectivity index (χ0v) is 22.1. The summed E-state index contributed by atoms with van der Waals surface area (Å²) in [5.41, 5.74) is 4.53. The largest absolute Gasteiger partial charge is 0.306 e. The fourth-order valence-corrected chi connectivity index (χ4v) is 5.84. The highest BCUT2D eigenvalue weighted by molar-refractivity contribution is 6.79. The summed E-state index contributed by atoms with van der Waals surface area (Å²) >= 11 is 0. The monoisotopic (exact) mass is 502 g/mol. The van der Waals surface area contributed by atoms with Crippen LogP contribution in [0, 0.1) is 11.8 Å². The van der Waals surface area contributed by atoms with Gasteiger partial charge in [0.2, 0.25) is 12.7 Å². The van der Waals surface area contributed by atoms with Gasteiger partial charge in [-0.15, -0.1) is 0 Å². The van der Waals surface area contributed by atoms with Crippen LogP contribution < -0.4 is 5.43 Å².